The molecule has 1 heterocycles. The zero-order valence-electron chi connectivity index (χ0n) is 12.5. The Morgan fingerprint density at radius 1 is 0.913 bits per heavy atom. The smallest absolute Gasteiger partial charge is 0.123 e. The van der Waals surface area contributed by atoms with Gasteiger partial charge in [0, 0.05) is 12.1 Å². The first-order valence-corrected chi connectivity index (χ1v) is 7.54. The zero-order valence-corrected chi connectivity index (χ0v) is 12.5. The quantitative estimate of drug-likeness (QED) is 0.705. The molecule has 0 saturated heterocycles. The van der Waals surface area contributed by atoms with Gasteiger partial charge in [-0.1, -0.05) is 24.3 Å². The maximum Gasteiger partial charge on any atom is 0.123 e. The lowest BCUT2D eigenvalue weighted by molar-refractivity contribution is 0.625. The summed E-state index contributed by atoms with van der Waals surface area (Å²) < 4.78 is 26.3. The van der Waals surface area contributed by atoms with E-state index in [1.54, 1.807) is 30.6 Å². The fraction of sp³-hybridized carbons (Fsp3) is 0.158. The third kappa shape index (κ3) is 4.03. The van der Waals surface area contributed by atoms with Crippen LogP contribution in [0.2, 0.25) is 0 Å². The van der Waals surface area contributed by atoms with E-state index < -0.39 is 0 Å². The number of aromatic amines is 1. The molecule has 3 aromatic rings. The average molecular weight is 311 g/mol. The Kier molecular flexibility index (Phi) is 4.81. The number of nitrogens with one attached hydrogen (secondary N) is 1. The van der Waals surface area contributed by atoms with Crippen molar-refractivity contribution < 1.29 is 8.78 Å². The summed E-state index contributed by atoms with van der Waals surface area (Å²) >= 11 is 0. The lowest BCUT2D eigenvalue weighted by Gasteiger charge is -2.18. The van der Waals surface area contributed by atoms with E-state index in [0.717, 1.165) is 29.7 Å². The molecule has 1 radical (unpaired) electrons. The van der Waals surface area contributed by atoms with Gasteiger partial charge in [0.1, 0.15) is 11.6 Å². The van der Waals surface area contributed by atoms with Crippen molar-refractivity contribution in [3.63, 3.8) is 0 Å². The molecule has 1 N–H and O–H groups in total. The molecule has 0 spiro atoms. The van der Waals surface area contributed by atoms with Crippen molar-refractivity contribution in [2.75, 3.05) is 0 Å². The van der Waals surface area contributed by atoms with E-state index in [9.17, 15) is 8.78 Å². The average Bonchev–Trinajstić information content (AvgIpc) is 3.07. The van der Waals surface area contributed by atoms with E-state index in [-0.39, 0.29) is 17.6 Å². The second kappa shape index (κ2) is 7.18. The number of H-pyrrole nitrogens is 1. The molecule has 2 nitrogen and oxygen atoms in total. The monoisotopic (exact) mass is 311 g/mol. The second-order valence-corrected chi connectivity index (χ2v) is 5.42. The van der Waals surface area contributed by atoms with Gasteiger partial charge in [0.05, 0.1) is 12.0 Å². The molecule has 23 heavy (non-hydrogen) atoms. The molecule has 3 rings (SSSR count). The Bertz CT molecular complexity index is 674. The molecule has 0 aliphatic carbocycles. The Hall–Kier alpha value is -2.49. The molecular weight excluding hydrogens is 294 g/mol. The number of aryl methyl sites for hydroxylation is 1. The van der Waals surface area contributed by atoms with Crippen molar-refractivity contribution in [3.05, 3.63) is 95.9 Å². The Morgan fingerprint density at radius 3 is 1.96 bits per heavy atom. The molecule has 4 heteroatoms. The molecule has 0 atom stereocenters. The van der Waals surface area contributed by atoms with Gasteiger partial charge in [-0.15, -0.1) is 0 Å². The standard InChI is InChI=1S/C19H17F2N2/c20-16-8-4-14(5-9-16)19(15-6-10-17(21)11-7-15)3-1-2-18-12-22-13-23-18/h3-13,19H,1-2H2,(H,22,23). The van der Waals surface area contributed by atoms with Crippen LogP contribution in [0.15, 0.2) is 61.1 Å². The molecule has 0 aliphatic rings. The summed E-state index contributed by atoms with van der Waals surface area (Å²) in [6, 6.07) is 12.9. The van der Waals surface area contributed by atoms with Gasteiger partial charge in [0.25, 0.3) is 0 Å². The molecule has 1 aromatic heterocycles. The van der Waals surface area contributed by atoms with Crippen LogP contribution in [0.25, 0.3) is 0 Å². The topological polar surface area (TPSA) is 28.7 Å². The van der Waals surface area contributed by atoms with E-state index in [2.05, 4.69) is 16.4 Å². The van der Waals surface area contributed by atoms with Crippen LogP contribution in [0.5, 0.6) is 0 Å². The molecule has 0 bridgehead atoms. The first kappa shape index (κ1) is 15.4. The van der Waals surface area contributed by atoms with Crippen LogP contribution in [0.3, 0.4) is 0 Å². The molecule has 117 valence electrons. The van der Waals surface area contributed by atoms with Gasteiger partial charge < -0.3 is 4.98 Å². The number of halogens is 2. The van der Waals surface area contributed by atoms with Crippen molar-refractivity contribution in [2.24, 2.45) is 0 Å². The Morgan fingerprint density at radius 2 is 1.48 bits per heavy atom. The van der Waals surface area contributed by atoms with Crippen LogP contribution < -0.4 is 0 Å². The van der Waals surface area contributed by atoms with E-state index in [4.69, 9.17) is 0 Å². The molecule has 0 amide bonds. The molecule has 2 aromatic carbocycles. The maximum atomic E-state index is 13.2. The minimum atomic E-state index is -0.261. The highest BCUT2D eigenvalue weighted by Crippen LogP contribution is 2.29. The summed E-state index contributed by atoms with van der Waals surface area (Å²) in [7, 11) is 0. The predicted octanol–water partition coefficient (Wildman–Crippen LogP) is 4.66. The molecule has 0 fully saturated rings. The molecule has 0 unspecified atom stereocenters. The first-order chi connectivity index (χ1) is 11.2. The van der Waals surface area contributed by atoms with Crippen LogP contribution in [-0.4, -0.2) is 9.97 Å². The van der Waals surface area contributed by atoms with Crippen LogP contribution in [0.4, 0.5) is 8.78 Å². The number of hydrogen-bond donors (Lipinski definition) is 1. The summed E-state index contributed by atoms with van der Waals surface area (Å²) in [6.07, 6.45) is 7.34. The van der Waals surface area contributed by atoms with E-state index in [1.165, 1.54) is 24.3 Å². The Labute approximate surface area is 134 Å². The lowest BCUT2D eigenvalue weighted by Crippen LogP contribution is -2.03. The summed E-state index contributed by atoms with van der Waals surface area (Å²) in [5.41, 5.74) is 2.97. The number of imidazole rings is 1. The number of hydrogen-bond acceptors (Lipinski definition) is 1. The first-order valence-electron chi connectivity index (χ1n) is 7.54. The highest BCUT2D eigenvalue weighted by atomic mass is 19.1. The SMILES string of the molecule is Fc1ccc(C([CH]CCc2c[nH]cn2)c2ccc(F)cc2)cc1. The van der Waals surface area contributed by atoms with Crippen LogP contribution in [-0.2, 0) is 6.42 Å². The summed E-state index contributed by atoms with van der Waals surface area (Å²) in [4.78, 5) is 7.14. The Balaban J connectivity index is 1.77. The molecule has 0 aliphatic heterocycles. The highest BCUT2D eigenvalue weighted by Gasteiger charge is 2.15. The third-order valence-corrected chi connectivity index (χ3v) is 3.82. The normalized spacial score (nSPS) is 11.1. The van der Waals surface area contributed by atoms with Crippen LogP contribution in [0.1, 0.15) is 29.2 Å². The van der Waals surface area contributed by atoms with Gasteiger partial charge >= 0.3 is 0 Å². The number of aromatic nitrogens is 2. The van der Waals surface area contributed by atoms with Gasteiger partial charge in [-0.2, -0.15) is 0 Å². The van der Waals surface area contributed by atoms with E-state index in [0.29, 0.717) is 0 Å². The highest BCUT2D eigenvalue weighted by molar-refractivity contribution is 5.35. The lowest BCUT2D eigenvalue weighted by atomic mass is 9.87. The van der Waals surface area contributed by atoms with Crippen molar-refractivity contribution in [1.82, 2.24) is 9.97 Å². The molecular formula is C19H17F2N2. The number of benzene rings is 2. The van der Waals surface area contributed by atoms with E-state index in [1.807, 2.05) is 6.20 Å². The van der Waals surface area contributed by atoms with Crippen molar-refractivity contribution >= 4 is 0 Å². The number of nitrogens with zero attached hydrogens (tertiary/aromatic N) is 1. The van der Waals surface area contributed by atoms with Gasteiger partial charge in [-0.25, -0.2) is 13.8 Å². The van der Waals surface area contributed by atoms with Crippen molar-refractivity contribution in [3.8, 4) is 0 Å². The fourth-order valence-corrected chi connectivity index (χ4v) is 2.63. The van der Waals surface area contributed by atoms with Crippen LogP contribution >= 0.6 is 0 Å². The summed E-state index contributed by atoms with van der Waals surface area (Å²) in [6.45, 7) is 0. The van der Waals surface area contributed by atoms with Gasteiger partial charge in [-0.05, 0) is 54.7 Å². The van der Waals surface area contributed by atoms with Crippen molar-refractivity contribution in [1.29, 1.82) is 0 Å². The molecule has 0 saturated carbocycles. The summed E-state index contributed by atoms with van der Waals surface area (Å²) in [5.74, 6) is -0.526. The second-order valence-electron chi connectivity index (χ2n) is 5.42. The summed E-state index contributed by atoms with van der Waals surface area (Å²) in [5, 5.41) is 0. The minimum Gasteiger partial charge on any atom is -0.351 e. The van der Waals surface area contributed by atoms with Gasteiger partial charge in [-0.3, -0.25) is 0 Å². The fourth-order valence-electron chi connectivity index (χ4n) is 2.63. The maximum absolute atomic E-state index is 13.2. The van der Waals surface area contributed by atoms with E-state index >= 15 is 0 Å². The minimum absolute atomic E-state index is 0.00450. The zero-order chi connectivity index (χ0) is 16.1. The van der Waals surface area contributed by atoms with Gasteiger partial charge in [0.15, 0.2) is 0 Å². The predicted molar refractivity (Wildman–Crippen MR) is 85.9 cm³/mol. The third-order valence-electron chi connectivity index (χ3n) is 3.82. The number of rotatable bonds is 6. The largest absolute Gasteiger partial charge is 0.351 e. The van der Waals surface area contributed by atoms with Crippen molar-refractivity contribution in [2.45, 2.75) is 18.8 Å². The van der Waals surface area contributed by atoms with Gasteiger partial charge in [0.2, 0.25) is 0 Å². The van der Waals surface area contributed by atoms with Crippen LogP contribution in [0, 0.1) is 18.1 Å².